The van der Waals surface area contributed by atoms with Crippen LogP contribution >= 0.6 is 0 Å². The molecule has 2 N–H and O–H groups in total. The van der Waals surface area contributed by atoms with Crippen LogP contribution in [0.2, 0.25) is 0 Å². The third-order valence-electron chi connectivity index (χ3n) is 4.98. The molecule has 0 spiro atoms. The molecule has 2 atom stereocenters. The van der Waals surface area contributed by atoms with Gasteiger partial charge in [0.2, 0.25) is 0 Å². The summed E-state index contributed by atoms with van der Waals surface area (Å²) in [5.41, 5.74) is 4.81. The van der Waals surface area contributed by atoms with Gasteiger partial charge in [0, 0.05) is 37.0 Å². The molecule has 4 rings (SSSR count). The molecule has 21 heavy (non-hydrogen) atoms. The van der Waals surface area contributed by atoms with E-state index in [0.29, 0.717) is 25.2 Å². The zero-order valence-corrected chi connectivity index (χ0v) is 12.1. The van der Waals surface area contributed by atoms with Crippen LogP contribution in [0.3, 0.4) is 0 Å². The van der Waals surface area contributed by atoms with Crippen molar-refractivity contribution in [3.63, 3.8) is 0 Å². The molecule has 5 heteroatoms. The zero-order valence-electron chi connectivity index (χ0n) is 12.1. The van der Waals surface area contributed by atoms with E-state index in [0.717, 1.165) is 19.3 Å². The van der Waals surface area contributed by atoms with Crippen molar-refractivity contribution in [2.75, 3.05) is 0 Å². The summed E-state index contributed by atoms with van der Waals surface area (Å²) in [6.45, 7) is 6.90. The quantitative estimate of drug-likeness (QED) is 0.629. The molecule has 114 valence electrons. The Bertz CT molecular complexity index is 488. The topological polar surface area (TPSA) is 78.6 Å². The highest BCUT2D eigenvalue weighted by molar-refractivity contribution is 5.82. The minimum absolute atomic E-state index is 0.321. The average molecular weight is 291 g/mol. The van der Waals surface area contributed by atoms with Gasteiger partial charge in [-0.2, -0.15) is 0 Å². The first-order valence-corrected chi connectivity index (χ1v) is 7.31. The van der Waals surface area contributed by atoms with Crippen molar-refractivity contribution >= 4 is 11.9 Å². The lowest BCUT2D eigenvalue weighted by Gasteiger charge is -2.63. The fourth-order valence-corrected chi connectivity index (χ4v) is 5.07. The van der Waals surface area contributed by atoms with Crippen LogP contribution in [-0.4, -0.2) is 28.7 Å². The van der Waals surface area contributed by atoms with E-state index in [1.165, 1.54) is 12.2 Å². The van der Waals surface area contributed by atoms with E-state index in [1.807, 2.05) is 0 Å². The number of nitrogens with two attached hydrogens (primary N) is 1. The Balaban J connectivity index is 1.91. The van der Waals surface area contributed by atoms with Crippen LogP contribution in [0.15, 0.2) is 25.3 Å². The summed E-state index contributed by atoms with van der Waals surface area (Å²) < 4.78 is 11.3. The number of hydrogen-bond donors (Lipinski definition) is 1. The predicted octanol–water partition coefficient (Wildman–Crippen LogP) is 1.62. The Morgan fingerprint density at radius 1 is 0.952 bits per heavy atom. The van der Waals surface area contributed by atoms with Gasteiger partial charge in [-0.15, -0.1) is 0 Å². The molecule has 0 radical (unpaired) electrons. The number of esters is 2. The van der Waals surface area contributed by atoms with Gasteiger partial charge in [-0.3, -0.25) is 0 Å². The van der Waals surface area contributed by atoms with Crippen LogP contribution in [-0.2, 0) is 19.1 Å². The monoisotopic (exact) mass is 291 g/mol. The van der Waals surface area contributed by atoms with Crippen molar-refractivity contribution in [1.29, 1.82) is 0 Å². The van der Waals surface area contributed by atoms with Gasteiger partial charge in [-0.25, -0.2) is 9.59 Å². The summed E-state index contributed by atoms with van der Waals surface area (Å²) in [4.78, 5) is 23.4. The number of carbonyl (C=O) groups excluding carboxylic acids is 2. The highest BCUT2D eigenvalue weighted by atomic mass is 16.6. The van der Waals surface area contributed by atoms with Gasteiger partial charge in [-0.1, -0.05) is 13.2 Å². The summed E-state index contributed by atoms with van der Waals surface area (Å²) in [6, 6.07) is 0. The first kappa shape index (κ1) is 14.3. The third-order valence-corrected chi connectivity index (χ3v) is 4.98. The molecule has 4 aliphatic rings. The molecular formula is C16H21NO4. The summed E-state index contributed by atoms with van der Waals surface area (Å²) >= 11 is 0. The standard InChI is InChI=1S/C16H21NO4/c1-3-12(18)20-15-6-11-5-14(17,8-15)9-16(7-11,10-15)21-13(19)4-2/h3-4,11H,1-2,5-10,17H2. The van der Waals surface area contributed by atoms with Gasteiger partial charge < -0.3 is 15.2 Å². The molecule has 4 fully saturated rings. The van der Waals surface area contributed by atoms with Crippen LogP contribution in [0.1, 0.15) is 38.5 Å². The molecule has 0 saturated heterocycles. The van der Waals surface area contributed by atoms with E-state index in [1.54, 1.807) is 0 Å². The van der Waals surface area contributed by atoms with Crippen molar-refractivity contribution in [3.05, 3.63) is 25.3 Å². The summed E-state index contributed by atoms with van der Waals surface area (Å²) in [5, 5.41) is 0. The zero-order chi connectivity index (χ0) is 15.3. The SMILES string of the molecule is C=CC(=O)OC12CC3CC(N)(C1)CC(OC(=O)C=C)(C3)C2. The van der Waals surface area contributed by atoms with Crippen molar-refractivity contribution in [3.8, 4) is 0 Å². The van der Waals surface area contributed by atoms with Crippen LogP contribution in [0, 0.1) is 5.92 Å². The molecule has 4 bridgehead atoms. The van der Waals surface area contributed by atoms with E-state index < -0.39 is 28.7 Å². The molecule has 0 aromatic carbocycles. The Morgan fingerprint density at radius 2 is 1.43 bits per heavy atom. The lowest BCUT2D eigenvalue weighted by molar-refractivity contribution is -0.230. The van der Waals surface area contributed by atoms with Crippen LogP contribution in [0.4, 0.5) is 0 Å². The molecule has 2 unspecified atom stereocenters. The largest absolute Gasteiger partial charge is 0.456 e. The summed E-state index contributed by atoms with van der Waals surface area (Å²) in [7, 11) is 0. The van der Waals surface area contributed by atoms with Crippen molar-refractivity contribution in [2.24, 2.45) is 11.7 Å². The maximum Gasteiger partial charge on any atom is 0.330 e. The Hall–Kier alpha value is -1.62. The van der Waals surface area contributed by atoms with Gasteiger partial charge in [0.05, 0.1) is 0 Å². The highest BCUT2D eigenvalue weighted by Gasteiger charge is 2.65. The second-order valence-electron chi connectivity index (χ2n) is 6.99. The van der Waals surface area contributed by atoms with Gasteiger partial charge in [0.25, 0.3) is 0 Å². The van der Waals surface area contributed by atoms with Crippen LogP contribution < -0.4 is 5.73 Å². The smallest absolute Gasteiger partial charge is 0.330 e. The van der Waals surface area contributed by atoms with E-state index in [9.17, 15) is 9.59 Å². The fraction of sp³-hybridized carbons (Fsp3) is 0.625. The predicted molar refractivity (Wildman–Crippen MR) is 76.2 cm³/mol. The molecule has 0 heterocycles. The first-order valence-electron chi connectivity index (χ1n) is 7.31. The van der Waals surface area contributed by atoms with E-state index >= 15 is 0 Å². The van der Waals surface area contributed by atoms with Crippen LogP contribution in [0.25, 0.3) is 0 Å². The Labute approximate surface area is 124 Å². The summed E-state index contributed by atoms with van der Waals surface area (Å²) in [5.74, 6) is -0.557. The minimum Gasteiger partial charge on any atom is -0.456 e. The Morgan fingerprint density at radius 3 is 1.81 bits per heavy atom. The molecule has 0 aromatic heterocycles. The molecule has 0 amide bonds. The molecule has 0 aromatic rings. The first-order chi connectivity index (χ1) is 9.82. The van der Waals surface area contributed by atoms with Crippen molar-refractivity contribution in [2.45, 2.75) is 55.3 Å². The van der Waals surface area contributed by atoms with E-state index in [-0.39, 0.29) is 0 Å². The van der Waals surface area contributed by atoms with Gasteiger partial charge in [-0.05, 0) is 25.2 Å². The lowest BCUT2D eigenvalue weighted by Crippen LogP contribution is -2.70. The maximum absolute atomic E-state index is 11.7. The van der Waals surface area contributed by atoms with Crippen molar-refractivity contribution < 1.29 is 19.1 Å². The normalized spacial score (nSPS) is 43.2. The van der Waals surface area contributed by atoms with Gasteiger partial charge >= 0.3 is 11.9 Å². The summed E-state index contributed by atoms with van der Waals surface area (Å²) in [6.07, 6.45) is 6.60. The maximum atomic E-state index is 11.7. The average Bonchev–Trinajstić information content (AvgIpc) is 2.34. The Kier molecular flexibility index (Phi) is 3.03. The fourth-order valence-electron chi connectivity index (χ4n) is 5.07. The second kappa shape index (κ2) is 4.44. The van der Waals surface area contributed by atoms with E-state index in [4.69, 9.17) is 15.2 Å². The number of hydrogen-bond acceptors (Lipinski definition) is 5. The number of rotatable bonds is 4. The number of carbonyl (C=O) groups is 2. The minimum atomic E-state index is -0.624. The molecule has 4 aliphatic carbocycles. The van der Waals surface area contributed by atoms with Gasteiger partial charge in [0.15, 0.2) is 0 Å². The lowest BCUT2D eigenvalue weighted by atomic mass is 9.49. The van der Waals surface area contributed by atoms with Crippen molar-refractivity contribution in [1.82, 2.24) is 0 Å². The molecule has 0 aliphatic heterocycles. The highest BCUT2D eigenvalue weighted by Crippen LogP contribution is 2.61. The van der Waals surface area contributed by atoms with Gasteiger partial charge in [0.1, 0.15) is 11.2 Å². The molecular weight excluding hydrogens is 270 g/mol. The molecule has 5 nitrogen and oxygen atoms in total. The van der Waals surface area contributed by atoms with Crippen LogP contribution in [0.5, 0.6) is 0 Å². The second-order valence-corrected chi connectivity index (χ2v) is 6.99. The third kappa shape index (κ3) is 2.39. The van der Waals surface area contributed by atoms with E-state index in [2.05, 4.69) is 13.2 Å². The number of ether oxygens (including phenoxy) is 2. The molecule has 4 saturated carbocycles.